The van der Waals surface area contributed by atoms with Gasteiger partial charge >= 0.3 is 5.97 Å². The molecule has 0 saturated heterocycles. The lowest BCUT2D eigenvalue weighted by atomic mass is 10.1. The molecule has 1 N–H and O–H groups in total. The summed E-state index contributed by atoms with van der Waals surface area (Å²) in [5, 5.41) is 2.41. The van der Waals surface area contributed by atoms with E-state index in [9.17, 15) is 22.8 Å². The topological polar surface area (TPSA) is 115 Å². The summed E-state index contributed by atoms with van der Waals surface area (Å²) in [5.41, 5.74) is 2.47. The summed E-state index contributed by atoms with van der Waals surface area (Å²) in [6.45, 7) is 9.81. The van der Waals surface area contributed by atoms with E-state index in [4.69, 9.17) is 4.74 Å². The van der Waals surface area contributed by atoms with Crippen LogP contribution in [0, 0.1) is 13.8 Å². The Kier molecular flexibility index (Phi) is 8.95. The highest BCUT2D eigenvalue weighted by Crippen LogP contribution is 2.17. The van der Waals surface area contributed by atoms with E-state index < -0.39 is 35.1 Å². The number of ketones is 1. The molecule has 0 atom stereocenters. The normalized spacial score (nSPS) is 11.5. The van der Waals surface area contributed by atoms with Crippen LogP contribution >= 0.6 is 0 Å². The van der Waals surface area contributed by atoms with E-state index in [1.807, 2.05) is 25.3 Å². The fraction of sp³-hybridized carbons (Fsp3) is 0.435. The summed E-state index contributed by atoms with van der Waals surface area (Å²) >= 11 is 0. The molecule has 0 aliphatic rings. The van der Waals surface area contributed by atoms with E-state index in [1.165, 1.54) is 28.6 Å². The first-order chi connectivity index (χ1) is 15.6. The second kappa shape index (κ2) is 11.2. The van der Waals surface area contributed by atoms with Crippen molar-refractivity contribution in [3.05, 3.63) is 52.8 Å². The van der Waals surface area contributed by atoms with Gasteiger partial charge in [0.2, 0.25) is 15.8 Å². The number of esters is 1. The summed E-state index contributed by atoms with van der Waals surface area (Å²) in [6, 6.07) is 7.23. The average Bonchev–Trinajstić information content (AvgIpc) is 3.09. The maximum atomic E-state index is 12.5. The first-order valence-electron chi connectivity index (χ1n) is 10.8. The van der Waals surface area contributed by atoms with Crippen LogP contribution in [0.4, 0.5) is 0 Å². The van der Waals surface area contributed by atoms with Crippen molar-refractivity contribution in [2.45, 2.75) is 46.1 Å². The molecular weight excluding hydrogens is 446 g/mol. The number of nitrogens with zero attached hydrogens (tertiary/aromatic N) is 2. The number of hydrogen-bond acceptors (Lipinski definition) is 6. The molecule has 2 rings (SSSR count). The van der Waals surface area contributed by atoms with Gasteiger partial charge in [-0.1, -0.05) is 13.8 Å². The number of carbonyl (C=O) groups is 3. The van der Waals surface area contributed by atoms with Crippen LogP contribution in [0.2, 0.25) is 0 Å². The second-order valence-electron chi connectivity index (χ2n) is 7.41. The third-order valence-electron chi connectivity index (χ3n) is 5.41. The van der Waals surface area contributed by atoms with Gasteiger partial charge < -0.3 is 14.6 Å². The Morgan fingerprint density at radius 2 is 1.64 bits per heavy atom. The Labute approximate surface area is 194 Å². The number of aromatic nitrogens is 1. The molecule has 0 aliphatic carbocycles. The van der Waals surface area contributed by atoms with Gasteiger partial charge in [0.1, 0.15) is 6.54 Å². The van der Waals surface area contributed by atoms with Gasteiger partial charge in [-0.25, -0.2) is 8.42 Å². The Hall–Kier alpha value is -2.98. The van der Waals surface area contributed by atoms with E-state index in [0.717, 1.165) is 17.9 Å². The predicted molar refractivity (Wildman–Crippen MR) is 124 cm³/mol. The quantitative estimate of drug-likeness (QED) is 0.392. The van der Waals surface area contributed by atoms with Gasteiger partial charge in [-0.3, -0.25) is 14.4 Å². The van der Waals surface area contributed by atoms with Crippen LogP contribution in [0.25, 0.3) is 0 Å². The molecule has 0 spiro atoms. The van der Waals surface area contributed by atoms with Crippen molar-refractivity contribution in [2.24, 2.45) is 0 Å². The molecule has 0 radical (unpaired) electrons. The number of benzene rings is 1. The molecule has 1 aromatic carbocycles. The van der Waals surface area contributed by atoms with Crippen LogP contribution in [0.15, 0.2) is 35.2 Å². The van der Waals surface area contributed by atoms with Crippen molar-refractivity contribution < 1.29 is 27.5 Å². The maximum Gasteiger partial charge on any atom is 0.325 e. The number of ether oxygens (including phenoxy) is 1. The highest BCUT2D eigenvalue weighted by Gasteiger charge is 2.22. The Balaban J connectivity index is 1.90. The first kappa shape index (κ1) is 26.3. The molecule has 10 heteroatoms. The molecule has 33 heavy (non-hydrogen) atoms. The largest absolute Gasteiger partial charge is 0.456 e. The third-order valence-corrected chi connectivity index (χ3v) is 7.47. The molecule has 1 aromatic heterocycles. The minimum Gasteiger partial charge on any atom is -0.456 e. The van der Waals surface area contributed by atoms with E-state index >= 15 is 0 Å². The van der Waals surface area contributed by atoms with Crippen LogP contribution in [0.1, 0.15) is 52.9 Å². The minimum absolute atomic E-state index is 0.0862. The predicted octanol–water partition coefficient (Wildman–Crippen LogP) is 2.31. The van der Waals surface area contributed by atoms with Crippen LogP contribution in [-0.2, 0) is 26.1 Å². The molecule has 0 aliphatic heterocycles. The van der Waals surface area contributed by atoms with E-state index in [1.54, 1.807) is 19.9 Å². The van der Waals surface area contributed by atoms with Gasteiger partial charge in [0.15, 0.2) is 6.61 Å². The summed E-state index contributed by atoms with van der Waals surface area (Å²) in [5.74, 6) is -1.62. The number of nitrogens with one attached hydrogen (secondary N) is 1. The molecule has 0 bridgehead atoms. The molecule has 180 valence electrons. The van der Waals surface area contributed by atoms with Crippen molar-refractivity contribution >= 4 is 27.7 Å². The number of Topliss-reactive ketones (excluding diaryl/α,β-unsaturated/α-hetero) is 1. The molecule has 1 amide bonds. The van der Waals surface area contributed by atoms with Crippen molar-refractivity contribution in [2.75, 3.05) is 26.2 Å². The van der Waals surface area contributed by atoms with Gasteiger partial charge in [-0.2, -0.15) is 4.31 Å². The van der Waals surface area contributed by atoms with E-state index in [2.05, 4.69) is 5.32 Å². The SMILES string of the molecule is CCN(CC)S(=O)(=O)c1ccc(C(=O)NCC(=O)OCC(=O)c2cc(C)n(CC)c2C)cc1. The number of aryl methyl sites for hydroxylation is 1. The van der Waals surface area contributed by atoms with E-state index in [-0.39, 0.29) is 16.2 Å². The zero-order chi connectivity index (χ0) is 24.8. The third kappa shape index (κ3) is 6.08. The van der Waals surface area contributed by atoms with Crippen LogP contribution < -0.4 is 5.32 Å². The monoisotopic (exact) mass is 477 g/mol. The van der Waals surface area contributed by atoms with Crippen molar-refractivity contribution in [3.8, 4) is 0 Å². The second-order valence-corrected chi connectivity index (χ2v) is 9.35. The zero-order valence-corrected chi connectivity index (χ0v) is 20.5. The lowest BCUT2D eigenvalue weighted by Gasteiger charge is -2.18. The first-order valence-corrected chi connectivity index (χ1v) is 12.2. The van der Waals surface area contributed by atoms with Crippen molar-refractivity contribution in [1.82, 2.24) is 14.2 Å². The number of carbonyl (C=O) groups excluding carboxylic acids is 3. The standard InChI is InChI=1S/C23H31N3O6S/c1-6-25(7-2)33(30,31)19-11-9-18(10-12-19)23(29)24-14-22(28)32-15-21(27)20-13-16(4)26(8-3)17(20)5/h9-13H,6-8,14-15H2,1-5H3,(H,24,29). The highest BCUT2D eigenvalue weighted by atomic mass is 32.2. The van der Waals surface area contributed by atoms with Crippen molar-refractivity contribution in [3.63, 3.8) is 0 Å². The summed E-state index contributed by atoms with van der Waals surface area (Å²) < 4.78 is 33.3. The van der Waals surface area contributed by atoms with Gasteiger partial charge in [0.05, 0.1) is 4.90 Å². The number of hydrogen-bond donors (Lipinski definition) is 1. The smallest absolute Gasteiger partial charge is 0.325 e. The summed E-state index contributed by atoms with van der Waals surface area (Å²) in [7, 11) is -3.62. The number of amides is 1. The molecule has 2 aromatic rings. The average molecular weight is 478 g/mol. The number of rotatable bonds is 11. The van der Waals surface area contributed by atoms with Gasteiger partial charge in [0.25, 0.3) is 5.91 Å². The molecule has 0 saturated carbocycles. The lowest BCUT2D eigenvalue weighted by Crippen LogP contribution is -2.32. The minimum atomic E-state index is -3.62. The van der Waals surface area contributed by atoms with Crippen LogP contribution in [0.3, 0.4) is 0 Å². The zero-order valence-electron chi connectivity index (χ0n) is 19.7. The van der Waals surface area contributed by atoms with E-state index in [0.29, 0.717) is 18.7 Å². The number of sulfonamides is 1. The van der Waals surface area contributed by atoms with Gasteiger partial charge in [-0.05, 0) is 51.1 Å². The molecule has 9 nitrogen and oxygen atoms in total. The maximum absolute atomic E-state index is 12.5. The van der Waals surface area contributed by atoms with Gasteiger partial charge in [-0.15, -0.1) is 0 Å². The fourth-order valence-corrected chi connectivity index (χ4v) is 5.05. The molecule has 1 heterocycles. The molecule has 0 fully saturated rings. The Morgan fingerprint density at radius 1 is 1.03 bits per heavy atom. The van der Waals surface area contributed by atoms with Crippen LogP contribution in [-0.4, -0.2) is 61.2 Å². The van der Waals surface area contributed by atoms with Crippen molar-refractivity contribution in [1.29, 1.82) is 0 Å². The lowest BCUT2D eigenvalue weighted by molar-refractivity contribution is -0.141. The molecule has 0 unspecified atom stereocenters. The summed E-state index contributed by atoms with van der Waals surface area (Å²) in [4.78, 5) is 36.7. The Bertz CT molecular complexity index is 1120. The highest BCUT2D eigenvalue weighted by molar-refractivity contribution is 7.89. The van der Waals surface area contributed by atoms with Gasteiger partial charge in [0, 0.05) is 42.1 Å². The Morgan fingerprint density at radius 3 is 2.15 bits per heavy atom. The summed E-state index contributed by atoms with van der Waals surface area (Å²) in [6.07, 6.45) is 0. The van der Waals surface area contributed by atoms with Crippen LogP contribution in [0.5, 0.6) is 0 Å². The molecular formula is C23H31N3O6S. The fourth-order valence-electron chi connectivity index (χ4n) is 3.59.